The average molecular weight is 258 g/mol. The quantitative estimate of drug-likeness (QED) is 0.916. The Balaban J connectivity index is 2.67. The van der Waals surface area contributed by atoms with E-state index in [9.17, 15) is 4.79 Å². The zero-order valence-electron chi connectivity index (χ0n) is 11.9. The molecule has 1 heterocycles. The van der Waals surface area contributed by atoms with Gasteiger partial charge in [-0.25, -0.2) is 0 Å². The van der Waals surface area contributed by atoms with Crippen molar-refractivity contribution in [2.75, 3.05) is 6.54 Å². The topological polar surface area (TPSA) is 48.0 Å². The van der Waals surface area contributed by atoms with Gasteiger partial charge in [0.2, 0.25) is 0 Å². The van der Waals surface area contributed by atoms with Crippen LogP contribution < -0.4 is 11.3 Å². The summed E-state index contributed by atoms with van der Waals surface area (Å²) in [7, 11) is 0. The fraction of sp³-hybridized carbons (Fsp3) is 0.438. The molecule has 2 N–H and O–H groups in total. The number of pyridine rings is 1. The number of benzene rings is 1. The molecule has 0 saturated carbocycles. The van der Waals surface area contributed by atoms with Crippen LogP contribution in [0.3, 0.4) is 0 Å². The Morgan fingerprint density at radius 3 is 2.53 bits per heavy atom. The molecule has 2 aromatic rings. The first-order chi connectivity index (χ1) is 9.04. The first-order valence-electron chi connectivity index (χ1n) is 6.87. The fourth-order valence-electron chi connectivity index (χ4n) is 2.46. The van der Waals surface area contributed by atoms with Gasteiger partial charge in [0.05, 0.1) is 5.52 Å². The lowest BCUT2D eigenvalue weighted by molar-refractivity contribution is 0.564. The Morgan fingerprint density at radius 1 is 1.21 bits per heavy atom. The molecule has 102 valence electrons. The summed E-state index contributed by atoms with van der Waals surface area (Å²) >= 11 is 0. The van der Waals surface area contributed by atoms with Crippen LogP contribution >= 0.6 is 0 Å². The maximum Gasteiger partial charge on any atom is 0.254 e. The van der Waals surface area contributed by atoms with Crippen LogP contribution in [0.25, 0.3) is 10.9 Å². The normalized spacial score (nSPS) is 13.1. The summed E-state index contributed by atoms with van der Waals surface area (Å²) in [5.41, 5.74) is 7.66. The second-order valence-corrected chi connectivity index (χ2v) is 5.54. The molecule has 0 fully saturated rings. The summed E-state index contributed by atoms with van der Waals surface area (Å²) in [4.78, 5) is 12.6. The zero-order valence-corrected chi connectivity index (χ0v) is 11.9. The Morgan fingerprint density at radius 2 is 1.89 bits per heavy atom. The summed E-state index contributed by atoms with van der Waals surface area (Å²) < 4.78 is 1.88. The van der Waals surface area contributed by atoms with Crippen LogP contribution in [0.4, 0.5) is 0 Å². The summed E-state index contributed by atoms with van der Waals surface area (Å²) in [6.45, 7) is 6.77. The monoisotopic (exact) mass is 258 g/mol. The van der Waals surface area contributed by atoms with Crippen molar-refractivity contribution in [3.05, 3.63) is 46.2 Å². The van der Waals surface area contributed by atoms with Crippen molar-refractivity contribution in [2.45, 2.75) is 33.2 Å². The van der Waals surface area contributed by atoms with Crippen molar-refractivity contribution >= 4 is 10.9 Å². The third-order valence-corrected chi connectivity index (χ3v) is 3.51. The van der Waals surface area contributed by atoms with Gasteiger partial charge in [0.25, 0.3) is 5.56 Å². The molecule has 3 heteroatoms. The molecule has 0 aliphatic heterocycles. The van der Waals surface area contributed by atoms with Crippen LogP contribution in [0.1, 0.15) is 32.4 Å². The van der Waals surface area contributed by atoms with Crippen LogP contribution in [-0.2, 0) is 6.42 Å². The Hall–Kier alpha value is -1.61. The van der Waals surface area contributed by atoms with Gasteiger partial charge in [0, 0.05) is 11.6 Å². The molecule has 0 amide bonds. The van der Waals surface area contributed by atoms with Crippen molar-refractivity contribution in [3.63, 3.8) is 0 Å². The van der Waals surface area contributed by atoms with Crippen molar-refractivity contribution in [1.29, 1.82) is 0 Å². The van der Waals surface area contributed by atoms with Gasteiger partial charge < -0.3 is 10.3 Å². The van der Waals surface area contributed by atoms with Gasteiger partial charge >= 0.3 is 0 Å². The first-order valence-corrected chi connectivity index (χ1v) is 6.87. The first kappa shape index (κ1) is 13.8. The number of rotatable bonds is 4. The number of para-hydroxylation sites is 1. The molecule has 0 radical (unpaired) electrons. The van der Waals surface area contributed by atoms with E-state index in [-0.39, 0.29) is 11.6 Å². The Bertz CT molecular complexity index is 628. The predicted molar refractivity (Wildman–Crippen MR) is 80.5 cm³/mol. The highest BCUT2D eigenvalue weighted by molar-refractivity contribution is 5.79. The minimum atomic E-state index is 0.119. The Kier molecular flexibility index (Phi) is 4.05. The standard InChI is InChI=1S/C16H22N2O/c1-11(2)18-15-7-5-4-6-13(15)9-14(16(18)19)8-12(3)10-17/h4-7,9,11-12H,8,10,17H2,1-3H3. The van der Waals surface area contributed by atoms with Gasteiger partial charge in [0.15, 0.2) is 0 Å². The van der Waals surface area contributed by atoms with Gasteiger partial charge in [-0.15, -0.1) is 0 Å². The third-order valence-electron chi connectivity index (χ3n) is 3.51. The van der Waals surface area contributed by atoms with Gasteiger partial charge in [-0.3, -0.25) is 4.79 Å². The summed E-state index contributed by atoms with van der Waals surface area (Å²) in [6.07, 6.45) is 0.743. The van der Waals surface area contributed by atoms with E-state index >= 15 is 0 Å². The van der Waals surface area contributed by atoms with E-state index in [1.165, 1.54) is 0 Å². The van der Waals surface area contributed by atoms with E-state index < -0.39 is 0 Å². The summed E-state index contributed by atoms with van der Waals surface area (Å²) in [5, 5.41) is 1.12. The van der Waals surface area contributed by atoms with Crippen molar-refractivity contribution in [2.24, 2.45) is 11.7 Å². The van der Waals surface area contributed by atoms with Gasteiger partial charge in [-0.2, -0.15) is 0 Å². The molecule has 0 aliphatic carbocycles. The molecule has 19 heavy (non-hydrogen) atoms. The molecule has 3 nitrogen and oxygen atoms in total. The Labute approximate surface area is 114 Å². The van der Waals surface area contributed by atoms with Gasteiger partial charge in [-0.1, -0.05) is 25.1 Å². The van der Waals surface area contributed by atoms with Gasteiger partial charge in [-0.05, 0) is 50.2 Å². The van der Waals surface area contributed by atoms with Crippen molar-refractivity contribution in [3.8, 4) is 0 Å². The largest absolute Gasteiger partial charge is 0.330 e. The van der Waals surface area contributed by atoms with Crippen LogP contribution in [0.2, 0.25) is 0 Å². The molecule has 0 aliphatic rings. The number of nitrogens with two attached hydrogens (primary N) is 1. The SMILES string of the molecule is CC(CN)Cc1cc2ccccc2n(C(C)C)c1=O. The van der Waals surface area contributed by atoms with Crippen LogP contribution in [0.15, 0.2) is 35.1 Å². The number of hydrogen-bond acceptors (Lipinski definition) is 2. The van der Waals surface area contributed by atoms with E-state index in [4.69, 9.17) is 5.73 Å². The van der Waals surface area contributed by atoms with E-state index in [1.54, 1.807) is 0 Å². The van der Waals surface area contributed by atoms with E-state index in [1.807, 2.05) is 42.7 Å². The van der Waals surface area contributed by atoms with Crippen molar-refractivity contribution in [1.82, 2.24) is 4.57 Å². The lowest BCUT2D eigenvalue weighted by atomic mass is 10.0. The molecule has 0 saturated heterocycles. The van der Waals surface area contributed by atoms with Crippen LogP contribution in [0.5, 0.6) is 0 Å². The molecule has 1 aromatic carbocycles. The maximum absolute atomic E-state index is 12.6. The number of nitrogens with zero attached hydrogens (tertiary/aromatic N) is 1. The lowest BCUT2D eigenvalue weighted by Crippen LogP contribution is -2.27. The summed E-state index contributed by atoms with van der Waals surface area (Å²) in [5.74, 6) is 0.328. The molecule has 1 unspecified atom stereocenters. The maximum atomic E-state index is 12.6. The molecule has 0 spiro atoms. The smallest absolute Gasteiger partial charge is 0.254 e. The number of fused-ring (bicyclic) bond motifs is 1. The van der Waals surface area contributed by atoms with E-state index in [0.717, 1.165) is 22.9 Å². The molecule has 2 rings (SSSR count). The molecular formula is C16H22N2O. The van der Waals surface area contributed by atoms with Gasteiger partial charge in [0.1, 0.15) is 0 Å². The highest BCUT2D eigenvalue weighted by atomic mass is 16.1. The predicted octanol–water partition coefficient (Wildman–Crippen LogP) is 2.72. The van der Waals surface area contributed by atoms with E-state index in [0.29, 0.717) is 12.5 Å². The molecular weight excluding hydrogens is 236 g/mol. The number of aromatic nitrogens is 1. The lowest BCUT2D eigenvalue weighted by Gasteiger charge is -2.17. The average Bonchev–Trinajstić information content (AvgIpc) is 2.39. The number of hydrogen-bond donors (Lipinski definition) is 1. The fourth-order valence-corrected chi connectivity index (χ4v) is 2.46. The molecule has 1 aromatic heterocycles. The second-order valence-electron chi connectivity index (χ2n) is 5.54. The second kappa shape index (κ2) is 5.57. The van der Waals surface area contributed by atoms with Crippen LogP contribution in [0, 0.1) is 5.92 Å². The minimum absolute atomic E-state index is 0.119. The highest BCUT2D eigenvalue weighted by Crippen LogP contribution is 2.18. The minimum Gasteiger partial charge on any atom is -0.330 e. The highest BCUT2D eigenvalue weighted by Gasteiger charge is 2.13. The molecule has 0 bridgehead atoms. The van der Waals surface area contributed by atoms with E-state index in [2.05, 4.69) is 13.0 Å². The molecule has 1 atom stereocenters. The van der Waals surface area contributed by atoms with Crippen LogP contribution in [-0.4, -0.2) is 11.1 Å². The third kappa shape index (κ3) is 2.71. The van der Waals surface area contributed by atoms with Crippen molar-refractivity contribution < 1.29 is 0 Å². The zero-order chi connectivity index (χ0) is 14.0. The summed E-state index contributed by atoms with van der Waals surface area (Å²) in [6, 6.07) is 10.2.